The van der Waals surface area contributed by atoms with Gasteiger partial charge >= 0.3 is 0 Å². The van der Waals surface area contributed by atoms with Gasteiger partial charge in [-0.15, -0.1) is 0 Å². The summed E-state index contributed by atoms with van der Waals surface area (Å²) in [5, 5.41) is 0.913. The molecule has 0 spiro atoms. The van der Waals surface area contributed by atoms with E-state index in [1.54, 1.807) is 6.26 Å². The molecule has 0 aromatic carbocycles. The first-order chi connectivity index (χ1) is 5.68. The molecule has 0 bridgehead atoms. The summed E-state index contributed by atoms with van der Waals surface area (Å²) in [6, 6.07) is 1.85. The molecule has 0 aliphatic carbocycles. The van der Waals surface area contributed by atoms with Crippen LogP contribution in [-0.2, 0) is 0 Å². The number of fused-ring (bicyclic) bond motifs is 1. The summed E-state index contributed by atoms with van der Waals surface area (Å²) in [4.78, 5) is 0. The highest BCUT2D eigenvalue weighted by atomic mass is 32.1. The van der Waals surface area contributed by atoms with Gasteiger partial charge in [-0.05, 0) is 31.6 Å². The molecule has 0 unspecified atom stereocenters. The highest BCUT2D eigenvalue weighted by molar-refractivity contribution is 7.71. The van der Waals surface area contributed by atoms with E-state index >= 15 is 0 Å². The highest BCUT2D eigenvalue weighted by Crippen LogP contribution is 2.22. The second-order valence-corrected chi connectivity index (χ2v) is 3.17. The Morgan fingerprint density at radius 1 is 1.33 bits per heavy atom. The van der Waals surface area contributed by atoms with Crippen molar-refractivity contribution in [2.75, 3.05) is 0 Å². The predicted molar refractivity (Wildman–Crippen MR) is 48.8 cm³/mol. The fourth-order valence-electron chi connectivity index (χ4n) is 1.24. The molecule has 0 atom stereocenters. The SMILES string of the molecule is Cc1cc2occ(C)c2c(=S)o1. The fourth-order valence-corrected chi connectivity index (χ4v) is 1.64. The number of hydrogen-bond acceptors (Lipinski definition) is 3. The Labute approximate surface area is 74.8 Å². The van der Waals surface area contributed by atoms with Crippen LogP contribution in [0.1, 0.15) is 11.3 Å². The van der Waals surface area contributed by atoms with Crippen molar-refractivity contribution in [1.82, 2.24) is 0 Å². The summed E-state index contributed by atoms with van der Waals surface area (Å²) in [6.07, 6.45) is 1.69. The Kier molecular flexibility index (Phi) is 1.54. The number of hydrogen-bond donors (Lipinski definition) is 0. The van der Waals surface area contributed by atoms with Crippen molar-refractivity contribution in [3.05, 3.63) is 28.4 Å². The third-order valence-corrected chi connectivity index (χ3v) is 2.08. The molecule has 3 heteroatoms. The maximum Gasteiger partial charge on any atom is 0.201 e. The van der Waals surface area contributed by atoms with E-state index in [-0.39, 0.29) is 0 Å². The Morgan fingerprint density at radius 2 is 2.08 bits per heavy atom. The maximum atomic E-state index is 5.28. The average Bonchev–Trinajstić information content (AvgIpc) is 2.31. The molecule has 2 heterocycles. The Morgan fingerprint density at radius 3 is 2.83 bits per heavy atom. The lowest BCUT2D eigenvalue weighted by molar-refractivity contribution is 0.505. The molecule has 2 aromatic heterocycles. The first-order valence-electron chi connectivity index (χ1n) is 3.67. The lowest BCUT2D eigenvalue weighted by atomic mass is 10.2. The molecule has 0 aliphatic heterocycles. The van der Waals surface area contributed by atoms with E-state index in [2.05, 4.69) is 0 Å². The van der Waals surface area contributed by atoms with Gasteiger partial charge in [0.2, 0.25) is 4.71 Å². The van der Waals surface area contributed by atoms with E-state index in [9.17, 15) is 0 Å². The van der Waals surface area contributed by atoms with Gasteiger partial charge in [0, 0.05) is 6.07 Å². The fraction of sp³-hybridized carbons (Fsp3) is 0.222. The minimum Gasteiger partial charge on any atom is -0.464 e. The molecule has 0 aliphatic rings. The largest absolute Gasteiger partial charge is 0.464 e. The van der Waals surface area contributed by atoms with E-state index < -0.39 is 0 Å². The highest BCUT2D eigenvalue weighted by Gasteiger charge is 2.05. The minimum absolute atomic E-state index is 0.510. The van der Waals surface area contributed by atoms with Crippen molar-refractivity contribution in [2.45, 2.75) is 13.8 Å². The molecular formula is C9H8O2S. The third kappa shape index (κ3) is 0.975. The minimum atomic E-state index is 0.510. The van der Waals surface area contributed by atoms with Crippen molar-refractivity contribution in [3.8, 4) is 0 Å². The predicted octanol–water partition coefficient (Wildman–Crippen LogP) is 3.37. The topological polar surface area (TPSA) is 26.3 Å². The molecule has 62 valence electrons. The molecule has 12 heavy (non-hydrogen) atoms. The second-order valence-electron chi connectivity index (χ2n) is 2.80. The van der Waals surface area contributed by atoms with Gasteiger partial charge in [-0.2, -0.15) is 0 Å². The van der Waals surface area contributed by atoms with Gasteiger partial charge < -0.3 is 8.83 Å². The summed E-state index contributed by atoms with van der Waals surface area (Å²) >= 11 is 5.06. The number of furan rings is 1. The van der Waals surface area contributed by atoms with Crippen molar-refractivity contribution in [1.29, 1.82) is 0 Å². The smallest absolute Gasteiger partial charge is 0.201 e. The van der Waals surface area contributed by atoms with E-state index in [0.29, 0.717) is 4.71 Å². The van der Waals surface area contributed by atoms with Gasteiger partial charge in [0.25, 0.3) is 0 Å². The average molecular weight is 180 g/mol. The zero-order valence-electron chi connectivity index (χ0n) is 6.88. The molecule has 0 fully saturated rings. The van der Waals surface area contributed by atoms with Crippen LogP contribution in [0.3, 0.4) is 0 Å². The van der Waals surface area contributed by atoms with Crippen LogP contribution >= 0.6 is 12.2 Å². The molecular weight excluding hydrogens is 172 g/mol. The monoisotopic (exact) mass is 180 g/mol. The van der Waals surface area contributed by atoms with Crippen LogP contribution in [0.5, 0.6) is 0 Å². The Bertz CT molecular complexity index is 479. The van der Waals surface area contributed by atoms with Crippen LogP contribution in [0.4, 0.5) is 0 Å². The Balaban J connectivity index is 3.03. The number of aryl methyl sites for hydroxylation is 2. The van der Waals surface area contributed by atoms with Crippen molar-refractivity contribution in [2.24, 2.45) is 0 Å². The summed E-state index contributed by atoms with van der Waals surface area (Å²) in [6.45, 7) is 3.81. The molecule has 2 rings (SSSR count). The van der Waals surface area contributed by atoms with Gasteiger partial charge in [0.05, 0.1) is 11.6 Å². The zero-order valence-corrected chi connectivity index (χ0v) is 7.70. The standard InChI is InChI=1S/C9H8O2S/c1-5-4-10-7-3-6(2)11-9(12)8(5)7/h3-4H,1-2H3. The van der Waals surface area contributed by atoms with Gasteiger partial charge in [-0.3, -0.25) is 0 Å². The second kappa shape index (κ2) is 2.45. The van der Waals surface area contributed by atoms with Gasteiger partial charge in [-0.25, -0.2) is 0 Å². The van der Waals surface area contributed by atoms with Crippen molar-refractivity contribution in [3.63, 3.8) is 0 Å². The van der Waals surface area contributed by atoms with Crippen LogP contribution in [0.25, 0.3) is 11.0 Å². The van der Waals surface area contributed by atoms with Gasteiger partial charge in [-0.1, -0.05) is 0 Å². The third-order valence-electron chi connectivity index (χ3n) is 1.80. The van der Waals surface area contributed by atoms with E-state index in [1.807, 2.05) is 19.9 Å². The van der Waals surface area contributed by atoms with Gasteiger partial charge in [0.15, 0.2) is 0 Å². The first kappa shape index (κ1) is 7.55. The summed E-state index contributed by atoms with van der Waals surface area (Å²) in [7, 11) is 0. The van der Waals surface area contributed by atoms with Crippen molar-refractivity contribution < 1.29 is 8.83 Å². The number of rotatable bonds is 0. The summed E-state index contributed by atoms with van der Waals surface area (Å²) < 4.78 is 11.1. The van der Waals surface area contributed by atoms with E-state index in [0.717, 1.165) is 22.3 Å². The van der Waals surface area contributed by atoms with Crippen LogP contribution in [0.2, 0.25) is 0 Å². The molecule has 0 saturated heterocycles. The van der Waals surface area contributed by atoms with Crippen LogP contribution in [0, 0.1) is 18.6 Å². The van der Waals surface area contributed by atoms with Gasteiger partial charge in [0.1, 0.15) is 11.3 Å². The van der Waals surface area contributed by atoms with E-state index in [4.69, 9.17) is 21.1 Å². The molecule has 0 N–H and O–H groups in total. The lowest BCUT2D eigenvalue weighted by Gasteiger charge is -1.92. The zero-order chi connectivity index (χ0) is 8.72. The molecule has 0 saturated carbocycles. The first-order valence-corrected chi connectivity index (χ1v) is 4.08. The lowest BCUT2D eigenvalue weighted by Crippen LogP contribution is -1.74. The van der Waals surface area contributed by atoms with Crippen LogP contribution in [0.15, 0.2) is 21.2 Å². The normalized spacial score (nSPS) is 10.8. The quantitative estimate of drug-likeness (QED) is 0.581. The molecule has 0 amide bonds. The van der Waals surface area contributed by atoms with Crippen molar-refractivity contribution >= 4 is 23.2 Å². The summed E-state index contributed by atoms with van der Waals surface area (Å²) in [5.41, 5.74) is 1.83. The molecule has 0 radical (unpaired) electrons. The van der Waals surface area contributed by atoms with E-state index in [1.165, 1.54) is 0 Å². The van der Waals surface area contributed by atoms with Crippen LogP contribution in [-0.4, -0.2) is 0 Å². The Hall–Kier alpha value is -1.09. The van der Waals surface area contributed by atoms with Crippen LogP contribution < -0.4 is 0 Å². The molecule has 2 nitrogen and oxygen atoms in total. The summed E-state index contributed by atoms with van der Waals surface area (Å²) in [5.74, 6) is 0.779. The maximum absolute atomic E-state index is 5.28. The molecule has 2 aromatic rings.